The van der Waals surface area contributed by atoms with E-state index in [-0.39, 0.29) is 12.2 Å². The van der Waals surface area contributed by atoms with Crippen molar-refractivity contribution in [2.24, 2.45) is 0 Å². The van der Waals surface area contributed by atoms with Gasteiger partial charge in [-0.15, -0.1) is 0 Å². The Balaban J connectivity index is 2.05. The molecule has 1 rings (SSSR count). The summed E-state index contributed by atoms with van der Waals surface area (Å²) in [6.07, 6.45) is 3.16. The van der Waals surface area contributed by atoms with E-state index in [1.54, 1.807) is 0 Å². The molecule has 0 aromatic rings. The fraction of sp³-hybridized carbons (Fsp3) is 1.00. The van der Waals surface area contributed by atoms with Crippen molar-refractivity contribution in [1.82, 2.24) is 5.32 Å². The van der Waals surface area contributed by atoms with E-state index in [4.69, 9.17) is 4.74 Å². The van der Waals surface area contributed by atoms with E-state index in [0.29, 0.717) is 12.6 Å². The first kappa shape index (κ1) is 11.0. The highest BCUT2D eigenvalue weighted by Gasteiger charge is 2.18. The van der Waals surface area contributed by atoms with Gasteiger partial charge in [-0.25, -0.2) is 0 Å². The van der Waals surface area contributed by atoms with Crippen molar-refractivity contribution in [3.05, 3.63) is 0 Å². The smallest absolute Gasteiger partial charge is 0.0788 e. The van der Waals surface area contributed by atoms with Crippen molar-refractivity contribution in [3.8, 4) is 0 Å². The van der Waals surface area contributed by atoms with E-state index in [1.807, 2.05) is 13.8 Å². The number of aliphatic hydroxyl groups excluding tert-OH is 1. The van der Waals surface area contributed by atoms with Gasteiger partial charge in [0.1, 0.15) is 0 Å². The van der Waals surface area contributed by atoms with E-state index >= 15 is 0 Å². The van der Waals surface area contributed by atoms with Gasteiger partial charge in [-0.1, -0.05) is 0 Å². The molecule has 2 N–H and O–H groups in total. The molecule has 2 atom stereocenters. The van der Waals surface area contributed by atoms with Gasteiger partial charge < -0.3 is 15.2 Å². The van der Waals surface area contributed by atoms with Crippen molar-refractivity contribution in [2.45, 2.75) is 51.4 Å². The Labute approximate surface area is 80.5 Å². The highest BCUT2D eigenvalue weighted by atomic mass is 16.5. The topological polar surface area (TPSA) is 41.5 Å². The van der Waals surface area contributed by atoms with Crippen LogP contribution >= 0.6 is 0 Å². The monoisotopic (exact) mass is 187 g/mol. The zero-order valence-corrected chi connectivity index (χ0v) is 8.62. The van der Waals surface area contributed by atoms with Gasteiger partial charge >= 0.3 is 0 Å². The van der Waals surface area contributed by atoms with Gasteiger partial charge in [0, 0.05) is 6.04 Å². The highest BCUT2D eigenvalue weighted by molar-refractivity contribution is 4.76. The number of nitrogens with one attached hydrogen (secondary N) is 1. The van der Waals surface area contributed by atoms with Crippen molar-refractivity contribution in [1.29, 1.82) is 0 Å². The zero-order valence-electron chi connectivity index (χ0n) is 8.62. The van der Waals surface area contributed by atoms with E-state index < -0.39 is 0 Å². The third-order valence-electron chi connectivity index (χ3n) is 2.34. The average Bonchev–Trinajstić information content (AvgIpc) is 2.53. The summed E-state index contributed by atoms with van der Waals surface area (Å²) in [5, 5.41) is 13.0. The molecule has 0 aliphatic carbocycles. The summed E-state index contributed by atoms with van der Waals surface area (Å²) in [6, 6.07) is 0.505. The molecule has 0 saturated carbocycles. The molecule has 0 radical (unpaired) electrons. The first-order valence-electron chi connectivity index (χ1n) is 5.21. The molecule has 78 valence electrons. The molecule has 0 bridgehead atoms. The quantitative estimate of drug-likeness (QED) is 0.672. The molecule has 0 spiro atoms. The number of rotatable bonds is 5. The largest absolute Gasteiger partial charge is 0.391 e. The first-order chi connectivity index (χ1) is 6.18. The third-order valence-corrected chi connectivity index (χ3v) is 2.34. The standard InChI is InChI=1S/C10H21NO2/c1-8(2)13-7-10(12)6-9-4-3-5-11-9/h8-12H,3-7H2,1-2H3. The minimum absolute atomic E-state index is 0.214. The van der Waals surface area contributed by atoms with Crippen LogP contribution < -0.4 is 5.32 Å². The Hall–Kier alpha value is -0.120. The third kappa shape index (κ3) is 4.60. The normalized spacial score (nSPS) is 25.4. The zero-order chi connectivity index (χ0) is 9.68. The minimum atomic E-state index is -0.307. The van der Waals surface area contributed by atoms with Crippen LogP contribution in [0.5, 0.6) is 0 Å². The molecule has 2 unspecified atom stereocenters. The van der Waals surface area contributed by atoms with E-state index in [9.17, 15) is 5.11 Å². The summed E-state index contributed by atoms with van der Waals surface area (Å²) in [5.74, 6) is 0. The molecule has 1 aliphatic rings. The van der Waals surface area contributed by atoms with Crippen LogP contribution in [-0.2, 0) is 4.74 Å². The molecule has 13 heavy (non-hydrogen) atoms. The Morgan fingerprint density at radius 2 is 2.31 bits per heavy atom. The van der Waals surface area contributed by atoms with Crippen molar-refractivity contribution in [3.63, 3.8) is 0 Å². The molecule has 1 fully saturated rings. The maximum absolute atomic E-state index is 9.59. The second kappa shape index (κ2) is 5.58. The summed E-state index contributed by atoms with van der Waals surface area (Å²) in [5.41, 5.74) is 0. The summed E-state index contributed by atoms with van der Waals surface area (Å²) in [4.78, 5) is 0. The molecule has 3 heteroatoms. The van der Waals surface area contributed by atoms with Crippen LogP contribution in [0, 0.1) is 0 Å². The molecule has 1 aliphatic heterocycles. The summed E-state index contributed by atoms with van der Waals surface area (Å²) in [7, 11) is 0. The minimum Gasteiger partial charge on any atom is -0.391 e. The lowest BCUT2D eigenvalue weighted by Gasteiger charge is -2.17. The summed E-state index contributed by atoms with van der Waals surface area (Å²) < 4.78 is 5.34. The van der Waals surface area contributed by atoms with Crippen molar-refractivity contribution in [2.75, 3.05) is 13.2 Å². The maximum Gasteiger partial charge on any atom is 0.0788 e. The second-order valence-corrected chi connectivity index (χ2v) is 4.06. The second-order valence-electron chi connectivity index (χ2n) is 4.06. The predicted molar refractivity (Wildman–Crippen MR) is 52.7 cm³/mol. The Morgan fingerprint density at radius 1 is 1.54 bits per heavy atom. The van der Waals surface area contributed by atoms with Crippen LogP contribution in [0.2, 0.25) is 0 Å². The molecular formula is C10H21NO2. The number of ether oxygens (including phenoxy) is 1. The van der Waals surface area contributed by atoms with Crippen LogP contribution in [0.25, 0.3) is 0 Å². The van der Waals surface area contributed by atoms with E-state index in [2.05, 4.69) is 5.32 Å². The molecule has 1 heterocycles. The summed E-state index contributed by atoms with van der Waals surface area (Å²) in [6.45, 7) is 5.54. The average molecular weight is 187 g/mol. The Kier molecular flexibility index (Phi) is 4.70. The van der Waals surface area contributed by atoms with Crippen molar-refractivity contribution < 1.29 is 9.84 Å². The van der Waals surface area contributed by atoms with Crippen LogP contribution in [0.15, 0.2) is 0 Å². The molecular weight excluding hydrogens is 166 g/mol. The number of hydrogen-bond acceptors (Lipinski definition) is 3. The lowest BCUT2D eigenvalue weighted by molar-refractivity contribution is -0.000454. The van der Waals surface area contributed by atoms with Gasteiger partial charge in [-0.3, -0.25) is 0 Å². The molecule has 0 amide bonds. The van der Waals surface area contributed by atoms with Gasteiger partial charge in [-0.2, -0.15) is 0 Å². The van der Waals surface area contributed by atoms with Gasteiger partial charge in [0.15, 0.2) is 0 Å². The van der Waals surface area contributed by atoms with Gasteiger partial charge in [0.05, 0.1) is 18.8 Å². The number of aliphatic hydroxyl groups is 1. The molecule has 3 nitrogen and oxygen atoms in total. The van der Waals surface area contributed by atoms with Gasteiger partial charge in [-0.05, 0) is 39.7 Å². The maximum atomic E-state index is 9.59. The molecule has 0 aromatic carbocycles. The van der Waals surface area contributed by atoms with E-state index in [0.717, 1.165) is 13.0 Å². The van der Waals surface area contributed by atoms with Gasteiger partial charge in [0.2, 0.25) is 0 Å². The van der Waals surface area contributed by atoms with Crippen LogP contribution in [0.1, 0.15) is 33.1 Å². The Morgan fingerprint density at radius 3 is 2.85 bits per heavy atom. The predicted octanol–water partition coefficient (Wildman–Crippen LogP) is 0.914. The number of hydrogen-bond donors (Lipinski definition) is 2. The van der Waals surface area contributed by atoms with Crippen LogP contribution in [-0.4, -0.2) is 36.5 Å². The first-order valence-corrected chi connectivity index (χ1v) is 5.21. The van der Waals surface area contributed by atoms with Crippen molar-refractivity contribution >= 4 is 0 Å². The van der Waals surface area contributed by atoms with Crippen LogP contribution in [0.3, 0.4) is 0 Å². The van der Waals surface area contributed by atoms with Crippen LogP contribution in [0.4, 0.5) is 0 Å². The van der Waals surface area contributed by atoms with Gasteiger partial charge in [0.25, 0.3) is 0 Å². The summed E-state index contributed by atoms with van der Waals surface area (Å²) >= 11 is 0. The lowest BCUT2D eigenvalue weighted by Crippen LogP contribution is -2.29. The Bertz CT molecular complexity index is 133. The fourth-order valence-electron chi connectivity index (χ4n) is 1.66. The molecule has 1 saturated heterocycles. The SMILES string of the molecule is CC(C)OCC(O)CC1CCCN1. The fourth-order valence-corrected chi connectivity index (χ4v) is 1.66. The molecule has 0 aromatic heterocycles. The highest BCUT2D eigenvalue weighted by Crippen LogP contribution is 2.11. The lowest BCUT2D eigenvalue weighted by atomic mass is 10.1. The van der Waals surface area contributed by atoms with E-state index in [1.165, 1.54) is 12.8 Å².